The van der Waals surface area contributed by atoms with Gasteiger partial charge in [-0.2, -0.15) is 5.10 Å². The summed E-state index contributed by atoms with van der Waals surface area (Å²) >= 11 is 6.50. The largest absolute Gasteiger partial charge is 0.493 e. The summed E-state index contributed by atoms with van der Waals surface area (Å²) in [4.78, 5) is 11.8. The minimum absolute atomic E-state index is 0.0282. The molecule has 2 aromatic carbocycles. The van der Waals surface area contributed by atoms with Crippen LogP contribution < -0.4 is 4.74 Å². The Bertz CT molecular complexity index is 1100. The van der Waals surface area contributed by atoms with Gasteiger partial charge in [0.2, 0.25) is 0 Å². The molecule has 0 amide bonds. The van der Waals surface area contributed by atoms with Gasteiger partial charge in [0.1, 0.15) is 11.4 Å². The summed E-state index contributed by atoms with van der Waals surface area (Å²) in [6, 6.07) is 17.6. The molecule has 0 radical (unpaired) electrons. The van der Waals surface area contributed by atoms with Crippen LogP contribution in [0.25, 0.3) is 16.9 Å². The fourth-order valence-electron chi connectivity index (χ4n) is 3.49. The van der Waals surface area contributed by atoms with E-state index in [0.717, 1.165) is 35.0 Å². The maximum absolute atomic E-state index is 11.8. The lowest BCUT2D eigenvalue weighted by molar-refractivity contribution is -0.139. The van der Waals surface area contributed by atoms with Gasteiger partial charge in [0.15, 0.2) is 5.78 Å². The molecule has 0 unspecified atom stereocenters. The maximum Gasteiger partial charge on any atom is 0.161 e. The topological polar surface area (TPSA) is 53.4 Å². The van der Waals surface area contributed by atoms with Gasteiger partial charge in [-0.25, -0.2) is 4.68 Å². The summed E-state index contributed by atoms with van der Waals surface area (Å²) in [5.74, 6) is 1.48. The molecule has 6 heteroatoms. The molecule has 32 heavy (non-hydrogen) atoms. The van der Waals surface area contributed by atoms with Gasteiger partial charge < -0.3 is 9.47 Å². The fraction of sp³-hybridized carbons (Fsp3) is 0.385. The third kappa shape index (κ3) is 5.05. The molecule has 0 bridgehead atoms. The first kappa shape index (κ1) is 22.6. The van der Waals surface area contributed by atoms with Gasteiger partial charge in [-0.15, -0.1) is 0 Å². The summed E-state index contributed by atoms with van der Waals surface area (Å²) in [5, 5.41) is 5.36. The van der Waals surface area contributed by atoms with E-state index in [1.54, 1.807) is 13.8 Å². The molecule has 0 spiro atoms. The van der Waals surface area contributed by atoms with Crippen LogP contribution >= 0.6 is 11.6 Å². The van der Waals surface area contributed by atoms with Gasteiger partial charge >= 0.3 is 0 Å². The third-order valence-corrected chi connectivity index (χ3v) is 6.43. The molecule has 1 heterocycles. The highest BCUT2D eigenvalue weighted by Crippen LogP contribution is 2.32. The van der Waals surface area contributed by atoms with E-state index in [1.165, 1.54) is 26.2 Å². The number of hydrogen-bond acceptors (Lipinski definition) is 4. The number of ether oxygens (including phenoxy) is 2. The van der Waals surface area contributed by atoms with Crippen molar-refractivity contribution in [1.82, 2.24) is 9.78 Å². The lowest BCUT2D eigenvalue weighted by atomic mass is 9.86. The van der Waals surface area contributed by atoms with E-state index < -0.39 is 5.60 Å². The van der Waals surface area contributed by atoms with Gasteiger partial charge in [0, 0.05) is 5.56 Å². The predicted molar refractivity (Wildman–Crippen MR) is 126 cm³/mol. The van der Waals surface area contributed by atoms with Crippen molar-refractivity contribution in [3.05, 3.63) is 65.3 Å². The van der Waals surface area contributed by atoms with Crippen molar-refractivity contribution in [2.45, 2.75) is 52.2 Å². The highest BCUT2D eigenvalue weighted by molar-refractivity contribution is 6.32. The zero-order chi connectivity index (χ0) is 22.7. The number of aromatic nitrogens is 2. The molecule has 0 aliphatic heterocycles. The van der Waals surface area contributed by atoms with E-state index in [-0.39, 0.29) is 12.4 Å². The molecule has 0 saturated heterocycles. The highest BCUT2D eigenvalue weighted by atomic mass is 35.5. The van der Waals surface area contributed by atoms with E-state index in [1.807, 2.05) is 59.3 Å². The summed E-state index contributed by atoms with van der Waals surface area (Å²) < 4.78 is 13.7. The second-order valence-corrected chi connectivity index (χ2v) is 9.28. The summed E-state index contributed by atoms with van der Waals surface area (Å²) in [5.41, 5.74) is 2.48. The van der Waals surface area contributed by atoms with Crippen LogP contribution in [0.3, 0.4) is 0 Å². The highest BCUT2D eigenvalue weighted by Gasteiger charge is 2.25. The molecule has 5 nitrogen and oxygen atoms in total. The van der Waals surface area contributed by atoms with Crippen molar-refractivity contribution in [3.8, 4) is 22.7 Å². The molecule has 4 rings (SSSR count). The molecule has 168 valence electrons. The van der Waals surface area contributed by atoms with Gasteiger partial charge in [-0.3, -0.25) is 4.79 Å². The SMILES string of the molecule is CC(=O)C(C)(C)OCc1cc(-c2cccc(OCC3CCC3)c2)n(-c2ccccc2Cl)n1. The molecule has 1 aliphatic carbocycles. The Labute approximate surface area is 194 Å². The third-order valence-electron chi connectivity index (χ3n) is 6.11. The maximum atomic E-state index is 11.8. The monoisotopic (exact) mass is 452 g/mol. The molecule has 1 fully saturated rings. The Kier molecular flexibility index (Phi) is 6.68. The van der Waals surface area contributed by atoms with Crippen LogP contribution in [-0.4, -0.2) is 27.8 Å². The van der Waals surface area contributed by atoms with Crippen molar-refractivity contribution in [2.24, 2.45) is 5.92 Å². The van der Waals surface area contributed by atoms with Crippen LogP contribution in [0.5, 0.6) is 5.75 Å². The minimum Gasteiger partial charge on any atom is -0.493 e. The second-order valence-electron chi connectivity index (χ2n) is 8.88. The van der Waals surface area contributed by atoms with Crippen molar-refractivity contribution >= 4 is 17.4 Å². The number of nitrogens with zero attached hydrogens (tertiary/aromatic N) is 2. The predicted octanol–water partition coefficient (Wildman–Crippen LogP) is 6.26. The normalized spacial score (nSPS) is 14.2. The number of halogens is 1. The van der Waals surface area contributed by atoms with E-state index in [2.05, 4.69) is 0 Å². The van der Waals surface area contributed by atoms with Crippen LogP contribution in [0.2, 0.25) is 5.02 Å². The Hall–Kier alpha value is -2.63. The molecule has 1 saturated carbocycles. The van der Waals surface area contributed by atoms with Crippen molar-refractivity contribution in [2.75, 3.05) is 6.61 Å². The number of rotatable bonds is 9. The summed E-state index contributed by atoms with van der Waals surface area (Å²) in [7, 11) is 0. The lowest BCUT2D eigenvalue weighted by Crippen LogP contribution is -2.32. The lowest BCUT2D eigenvalue weighted by Gasteiger charge is -2.25. The van der Waals surface area contributed by atoms with Crippen LogP contribution in [0.1, 0.15) is 45.7 Å². The summed E-state index contributed by atoms with van der Waals surface area (Å²) in [6.45, 7) is 6.04. The minimum atomic E-state index is -0.871. The number of Topliss-reactive ketones (excluding diaryl/α,β-unsaturated/α-hetero) is 1. The van der Waals surface area contributed by atoms with Crippen LogP contribution in [0, 0.1) is 5.92 Å². The van der Waals surface area contributed by atoms with Crippen LogP contribution in [-0.2, 0) is 16.1 Å². The van der Waals surface area contributed by atoms with Gasteiger partial charge in [0.05, 0.1) is 35.3 Å². The van der Waals surface area contributed by atoms with E-state index in [0.29, 0.717) is 10.9 Å². The van der Waals surface area contributed by atoms with E-state index in [4.69, 9.17) is 26.2 Å². The zero-order valence-electron chi connectivity index (χ0n) is 18.8. The number of para-hydroxylation sites is 1. The average molecular weight is 453 g/mol. The van der Waals surface area contributed by atoms with Crippen molar-refractivity contribution in [3.63, 3.8) is 0 Å². The second kappa shape index (κ2) is 9.47. The van der Waals surface area contributed by atoms with E-state index in [9.17, 15) is 4.79 Å². The van der Waals surface area contributed by atoms with Crippen LogP contribution in [0.4, 0.5) is 0 Å². The first-order valence-electron chi connectivity index (χ1n) is 11.1. The number of ketones is 1. The quantitative estimate of drug-likeness (QED) is 0.384. The Morgan fingerprint density at radius 1 is 1.16 bits per heavy atom. The Morgan fingerprint density at radius 3 is 2.62 bits per heavy atom. The zero-order valence-corrected chi connectivity index (χ0v) is 19.6. The Morgan fingerprint density at radius 2 is 1.94 bits per heavy atom. The first-order valence-corrected chi connectivity index (χ1v) is 11.4. The molecular weight excluding hydrogens is 424 g/mol. The average Bonchev–Trinajstić information content (AvgIpc) is 3.16. The van der Waals surface area contributed by atoms with Gasteiger partial charge in [-0.1, -0.05) is 42.3 Å². The number of benzene rings is 2. The Balaban J connectivity index is 1.66. The standard InChI is InChI=1S/C26H29ClN2O3/c1-18(30)26(2,3)32-17-21-15-25(29(28-21)24-13-5-4-12-23(24)27)20-10-7-11-22(14-20)31-16-19-8-6-9-19/h4-5,7,10-15,19H,6,8-9,16-17H2,1-3H3. The number of carbonyl (C=O) groups excluding carboxylic acids is 1. The molecule has 0 atom stereocenters. The number of hydrogen-bond donors (Lipinski definition) is 0. The molecule has 1 aliphatic rings. The number of carbonyl (C=O) groups is 1. The molecule has 0 N–H and O–H groups in total. The fourth-order valence-corrected chi connectivity index (χ4v) is 3.70. The van der Waals surface area contributed by atoms with Crippen molar-refractivity contribution < 1.29 is 14.3 Å². The smallest absolute Gasteiger partial charge is 0.161 e. The van der Waals surface area contributed by atoms with Crippen molar-refractivity contribution in [1.29, 1.82) is 0 Å². The summed E-state index contributed by atoms with van der Waals surface area (Å²) in [6.07, 6.45) is 3.80. The molecule has 1 aromatic heterocycles. The van der Waals surface area contributed by atoms with Gasteiger partial charge in [0.25, 0.3) is 0 Å². The van der Waals surface area contributed by atoms with Gasteiger partial charge in [-0.05, 0) is 69.9 Å². The van der Waals surface area contributed by atoms with Crippen LogP contribution in [0.15, 0.2) is 54.6 Å². The molecular formula is C26H29ClN2O3. The first-order chi connectivity index (χ1) is 15.3. The van der Waals surface area contributed by atoms with E-state index >= 15 is 0 Å². The molecule has 3 aromatic rings.